The number of imide groups is 1. The van der Waals surface area contributed by atoms with Gasteiger partial charge in [-0.15, -0.1) is 0 Å². The highest BCUT2D eigenvalue weighted by Gasteiger charge is 2.49. The Kier molecular flexibility index (Phi) is 3.44. The summed E-state index contributed by atoms with van der Waals surface area (Å²) in [4.78, 5) is 31.2. The third-order valence-corrected chi connectivity index (χ3v) is 3.90. The third-order valence-electron chi connectivity index (χ3n) is 3.90. The van der Waals surface area contributed by atoms with Crippen LogP contribution in [0.3, 0.4) is 0 Å². The molecule has 8 heteroatoms. The second-order valence-electron chi connectivity index (χ2n) is 5.24. The van der Waals surface area contributed by atoms with Gasteiger partial charge in [-0.1, -0.05) is 12.1 Å². The van der Waals surface area contributed by atoms with E-state index in [1.54, 1.807) is 31.1 Å². The molecule has 116 valence electrons. The molecule has 2 fully saturated rings. The predicted octanol–water partition coefficient (Wildman–Crippen LogP) is 0.0930. The van der Waals surface area contributed by atoms with Gasteiger partial charge in [0.1, 0.15) is 12.0 Å². The first-order valence-corrected chi connectivity index (χ1v) is 6.83. The van der Waals surface area contributed by atoms with Gasteiger partial charge in [0.15, 0.2) is 12.0 Å². The van der Waals surface area contributed by atoms with Crippen molar-refractivity contribution in [1.82, 2.24) is 20.4 Å². The van der Waals surface area contributed by atoms with Crippen LogP contribution < -0.4 is 10.6 Å². The summed E-state index contributed by atoms with van der Waals surface area (Å²) in [6, 6.07) is 5.03. The van der Waals surface area contributed by atoms with E-state index in [4.69, 9.17) is 0 Å². The summed E-state index contributed by atoms with van der Waals surface area (Å²) in [7, 11) is 3.22. The number of likely N-dealkylation sites (N-methyl/N-ethyl adjacent to an activating group) is 1. The molecule has 2 atom stereocenters. The molecule has 0 aromatic heterocycles. The van der Waals surface area contributed by atoms with Crippen LogP contribution in [0, 0.1) is 5.82 Å². The maximum absolute atomic E-state index is 13.0. The van der Waals surface area contributed by atoms with Crippen LogP contribution in [0.2, 0.25) is 0 Å². The molecule has 2 aliphatic rings. The van der Waals surface area contributed by atoms with Crippen molar-refractivity contribution in [2.45, 2.75) is 18.8 Å². The minimum absolute atomic E-state index is 0.314. The second-order valence-corrected chi connectivity index (χ2v) is 5.24. The number of nitrogens with zero attached hydrogens (tertiary/aromatic N) is 3. The Hall–Kier alpha value is -2.64. The lowest BCUT2D eigenvalue weighted by Crippen LogP contribution is -2.64. The monoisotopic (exact) mass is 305 g/mol. The normalized spacial score (nSPS) is 26.0. The van der Waals surface area contributed by atoms with Crippen LogP contribution in [-0.4, -0.2) is 54.0 Å². The largest absolute Gasteiger partial charge is 0.334 e. The number of guanidine groups is 1. The zero-order valence-corrected chi connectivity index (χ0v) is 12.2. The van der Waals surface area contributed by atoms with E-state index in [1.807, 2.05) is 0 Å². The minimum atomic E-state index is -0.577. The summed E-state index contributed by atoms with van der Waals surface area (Å²) in [6.45, 7) is 0.385. The van der Waals surface area contributed by atoms with E-state index < -0.39 is 18.2 Å². The van der Waals surface area contributed by atoms with Crippen molar-refractivity contribution in [2.75, 3.05) is 14.1 Å². The van der Waals surface area contributed by atoms with E-state index in [0.29, 0.717) is 12.5 Å². The summed E-state index contributed by atoms with van der Waals surface area (Å²) >= 11 is 0. The van der Waals surface area contributed by atoms with E-state index >= 15 is 0 Å². The first-order valence-electron chi connectivity index (χ1n) is 6.83. The Morgan fingerprint density at radius 2 is 1.95 bits per heavy atom. The van der Waals surface area contributed by atoms with Gasteiger partial charge in [-0.05, 0) is 17.7 Å². The molecule has 3 rings (SSSR count). The second kappa shape index (κ2) is 5.28. The van der Waals surface area contributed by atoms with E-state index in [1.165, 1.54) is 17.0 Å². The minimum Gasteiger partial charge on any atom is -0.334 e. The topological polar surface area (TPSA) is 77.0 Å². The SMILES string of the molecule is CN=C1NC2C(C(=O)NC(=O)N2C)N1Cc1ccc(F)cc1. The van der Waals surface area contributed by atoms with E-state index in [9.17, 15) is 14.0 Å². The number of nitrogens with one attached hydrogen (secondary N) is 2. The fourth-order valence-electron chi connectivity index (χ4n) is 2.74. The van der Waals surface area contributed by atoms with Crippen LogP contribution in [0.4, 0.5) is 9.18 Å². The van der Waals surface area contributed by atoms with Crippen molar-refractivity contribution in [3.8, 4) is 0 Å². The number of carbonyl (C=O) groups excluding carboxylic acids is 2. The number of fused-ring (bicyclic) bond motifs is 1. The molecule has 2 saturated heterocycles. The van der Waals surface area contributed by atoms with E-state index in [-0.39, 0.29) is 11.7 Å². The number of hydrogen-bond acceptors (Lipinski definition) is 3. The van der Waals surface area contributed by atoms with Crippen LogP contribution in [-0.2, 0) is 11.3 Å². The first kappa shape index (κ1) is 14.3. The van der Waals surface area contributed by atoms with Crippen molar-refractivity contribution in [2.24, 2.45) is 4.99 Å². The lowest BCUT2D eigenvalue weighted by atomic mass is 10.1. The van der Waals surface area contributed by atoms with Crippen molar-refractivity contribution in [3.63, 3.8) is 0 Å². The van der Waals surface area contributed by atoms with Gasteiger partial charge in [-0.3, -0.25) is 15.1 Å². The van der Waals surface area contributed by atoms with Crippen molar-refractivity contribution in [3.05, 3.63) is 35.6 Å². The first-order chi connectivity index (χ1) is 10.5. The van der Waals surface area contributed by atoms with Gasteiger partial charge < -0.3 is 15.1 Å². The van der Waals surface area contributed by atoms with Crippen LogP contribution in [0.1, 0.15) is 5.56 Å². The van der Waals surface area contributed by atoms with Gasteiger partial charge in [0.2, 0.25) is 0 Å². The van der Waals surface area contributed by atoms with E-state index in [2.05, 4.69) is 15.6 Å². The number of hydrogen-bond donors (Lipinski definition) is 2. The smallest absolute Gasteiger partial charge is 0.325 e. The fraction of sp³-hybridized carbons (Fsp3) is 0.357. The Bertz CT molecular complexity index is 645. The summed E-state index contributed by atoms with van der Waals surface area (Å²) in [5.41, 5.74) is 0.845. The highest BCUT2D eigenvalue weighted by atomic mass is 19.1. The number of amides is 3. The maximum atomic E-state index is 13.0. The van der Waals surface area contributed by atoms with Crippen LogP contribution in [0.15, 0.2) is 29.3 Å². The Morgan fingerprint density at radius 3 is 2.59 bits per heavy atom. The van der Waals surface area contributed by atoms with Gasteiger partial charge in [-0.25, -0.2) is 9.18 Å². The van der Waals surface area contributed by atoms with Gasteiger partial charge >= 0.3 is 6.03 Å². The zero-order chi connectivity index (χ0) is 15.9. The third kappa shape index (κ3) is 2.26. The molecule has 0 saturated carbocycles. The fourth-order valence-corrected chi connectivity index (χ4v) is 2.74. The van der Waals surface area contributed by atoms with E-state index in [0.717, 1.165) is 5.56 Å². The van der Waals surface area contributed by atoms with Crippen LogP contribution in [0.5, 0.6) is 0 Å². The predicted molar refractivity (Wildman–Crippen MR) is 77.3 cm³/mol. The van der Waals surface area contributed by atoms with Gasteiger partial charge in [0, 0.05) is 20.6 Å². The zero-order valence-electron chi connectivity index (χ0n) is 12.2. The average molecular weight is 305 g/mol. The number of aliphatic imine (C=N–C) groups is 1. The van der Waals surface area contributed by atoms with Gasteiger partial charge in [0.25, 0.3) is 5.91 Å². The average Bonchev–Trinajstić information content (AvgIpc) is 2.86. The number of carbonyl (C=O) groups is 2. The number of halogens is 1. The summed E-state index contributed by atoms with van der Waals surface area (Å²) < 4.78 is 13.0. The Morgan fingerprint density at radius 1 is 1.27 bits per heavy atom. The molecular weight excluding hydrogens is 289 g/mol. The standard InChI is InChI=1S/C14H16FN5O2/c1-16-13-17-11-10(12(21)18-14(22)19(11)2)20(13)7-8-3-5-9(15)6-4-8/h3-6,10-11H,7H2,1-2H3,(H,16,17)(H,18,21,22). The molecule has 2 aliphatic heterocycles. The summed E-state index contributed by atoms with van der Waals surface area (Å²) in [5.74, 6) is -0.163. The summed E-state index contributed by atoms with van der Waals surface area (Å²) in [6.07, 6.45) is -0.472. The molecule has 2 unspecified atom stereocenters. The molecule has 22 heavy (non-hydrogen) atoms. The molecule has 2 heterocycles. The number of benzene rings is 1. The molecule has 0 bridgehead atoms. The highest BCUT2D eigenvalue weighted by molar-refractivity contribution is 6.04. The van der Waals surface area contributed by atoms with Crippen molar-refractivity contribution >= 4 is 17.9 Å². The van der Waals surface area contributed by atoms with Gasteiger partial charge in [-0.2, -0.15) is 0 Å². The van der Waals surface area contributed by atoms with Crippen LogP contribution in [0.25, 0.3) is 0 Å². The highest BCUT2D eigenvalue weighted by Crippen LogP contribution is 2.22. The van der Waals surface area contributed by atoms with Crippen molar-refractivity contribution < 1.29 is 14.0 Å². The molecule has 3 amide bonds. The molecule has 0 radical (unpaired) electrons. The van der Waals surface area contributed by atoms with Crippen molar-refractivity contribution in [1.29, 1.82) is 0 Å². The quantitative estimate of drug-likeness (QED) is 0.812. The molecule has 0 spiro atoms. The molecule has 1 aromatic carbocycles. The molecular formula is C14H16FN5O2. The molecule has 1 aromatic rings. The molecule has 2 N–H and O–H groups in total. The summed E-state index contributed by atoms with van der Waals surface area (Å²) in [5, 5.41) is 5.40. The maximum Gasteiger partial charge on any atom is 0.325 e. The lowest BCUT2D eigenvalue weighted by Gasteiger charge is -2.35. The Balaban J connectivity index is 1.90. The lowest BCUT2D eigenvalue weighted by molar-refractivity contribution is -0.127. The van der Waals surface area contributed by atoms with Crippen LogP contribution >= 0.6 is 0 Å². The Labute approximate surface area is 126 Å². The molecule has 7 nitrogen and oxygen atoms in total. The number of urea groups is 1. The van der Waals surface area contributed by atoms with Gasteiger partial charge in [0.05, 0.1) is 0 Å². The number of rotatable bonds is 2. The molecule has 0 aliphatic carbocycles.